The topological polar surface area (TPSA) is 26.0 Å². The van der Waals surface area contributed by atoms with Gasteiger partial charge in [-0.3, -0.25) is 0 Å². The number of fused-ring (bicyclic) bond motifs is 1. The van der Waals surface area contributed by atoms with Crippen molar-refractivity contribution in [3.63, 3.8) is 0 Å². The molecule has 2 heteroatoms. The molecule has 1 aromatic heterocycles. The van der Waals surface area contributed by atoms with Gasteiger partial charge in [-0.25, -0.2) is 4.98 Å². The predicted molar refractivity (Wildman–Crippen MR) is 86.1 cm³/mol. The summed E-state index contributed by atoms with van der Waals surface area (Å²) in [6.45, 7) is 15.3. The van der Waals surface area contributed by atoms with E-state index in [1.165, 1.54) is 11.1 Å². The Morgan fingerprint density at radius 1 is 1.00 bits per heavy atom. The van der Waals surface area contributed by atoms with Gasteiger partial charge in [0, 0.05) is 5.56 Å². The smallest absolute Gasteiger partial charge is 0.219 e. The SMILES string of the molecule is C/C=C/c1nc2cc(C(C)(C)C)cc(C(C)(C)C)c2o1. The molecule has 1 aromatic carbocycles. The van der Waals surface area contributed by atoms with E-state index in [-0.39, 0.29) is 10.8 Å². The summed E-state index contributed by atoms with van der Waals surface area (Å²) >= 11 is 0. The number of benzene rings is 1. The number of nitrogens with zero attached hydrogens (tertiary/aromatic N) is 1. The molecule has 0 radical (unpaired) electrons. The van der Waals surface area contributed by atoms with Crippen LogP contribution in [0.4, 0.5) is 0 Å². The minimum absolute atomic E-state index is 0.0340. The van der Waals surface area contributed by atoms with Gasteiger partial charge < -0.3 is 4.42 Å². The van der Waals surface area contributed by atoms with Crippen molar-refractivity contribution in [1.29, 1.82) is 0 Å². The molecule has 108 valence electrons. The van der Waals surface area contributed by atoms with Crippen molar-refractivity contribution < 1.29 is 4.42 Å². The van der Waals surface area contributed by atoms with Crippen LogP contribution >= 0.6 is 0 Å². The van der Waals surface area contributed by atoms with Crippen LogP contribution in [0.25, 0.3) is 17.2 Å². The lowest BCUT2D eigenvalue weighted by Gasteiger charge is -2.24. The third-order valence-electron chi connectivity index (χ3n) is 3.49. The van der Waals surface area contributed by atoms with Gasteiger partial charge in [-0.1, -0.05) is 53.7 Å². The zero-order valence-corrected chi connectivity index (χ0v) is 13.7. The first-order valence-corrected chi connectivity index (χ1v) is 7.21. The highest BCUT2D eigenvalue weighted by molar-refractivity contribution is 5.80. The quantitative estimate of drug-likeness (QED) is 0.688. The van der Waals surface area contributed by atoms with Gasteiger partial charge in [0.1, 0.15) is 5.52 Å². The van der Waals surface area contributed by atoms with Crippen molar-refractivity contribution >= 4 is 17.2 Å². The summed E-state index contributed by atoms with van der Waals surface area (Å²) in [5.41, 5.74) is 4.53. The second-order valence-electron chi connectivity index (χ2n) is 7.42. The highest BCUT2D eigenvalue weighted by Gasteiger charge is 2.24. The van der Waals surface area contributed by atoms with E-state index in [1.807, 2.05) is 19.1 Å². The molecule has 0 unspecified atom stereocenters. The van der Waals surface area contributed by atoms with Crippen LogP contribution in [-0.2, 0) is 10.8 Å². The molecular weight excluding hydrogens is 246 g/mol. The molecule has 0 saturated heterocycles. The van der Waals surface area contributed by atoms with Crippen LogP contribution in [0.15, 0.2) is 22.6 Å². The Morgan fingerprint density at radius 2 is 1.65 bits per heavy atom. The molecule has 0 amide bonds. The van der Waals surface area contributed by atoms with E-state index in [2.05, 4.69) is 58.7 Å². The van der Waals surface area contributed by atoms with Crippen LogP contribution < -0.4 is 0 Å². The fraction of sp³-hybridized carbons (Fsp3) is 0.500. The third kappa shape index (κ3) is 2.79. The van der Waals surface area contributed by atoms with Crippen LogP contribution in [0, 0.1) is 0 Å². The maximum Gasteiger partial charge on any atom is 0.219 e. The van der Waals surface area contributed by atoms with Crippen molar-refractivity contribution in [2.75, 3.05) is 0 Å². The number of hydrogen-bond donors (Lipinski definition) is 0. The molecule has 0 saturated carbocycles. The van der Waals surface area contributed by atoms with Gasteiger partial charge in [-0.2, -0.15) is 0 Å². The van der Waals surface area contributed by atoms with Crippen LogP contribution in [-0.4, -0.2) is 4.98 Å². The molecule has 1 heterocycles. The fourth-order valence-electron chi connectivity index (χ4n) is 2.25. The molecule has 0 N–H and O–H groups in total. The van der Waals surface area contributed by atoms with E-state index in [0.29, 0.717) is 5.89 Å². The zero-order valence-electron chi connectivity index (χ0n) is 13.7. The Morgan fingerprint density at radius 3 is 2.15 bits per heavy atom. The molecule has 0 aliphatic heterocycles. The molecular formula is C18H25NO. The normalized spacial score (nSPS) is 13.6. The average molecular weight is 271 g/mol. The minimum Gasteiger partial charge on any atom is -0.436 e. The van der Waals surface area contributed by atoms with E-state index < -0.39 is 0 Å². The van der Waals surface area contributed by atoms with E-state index >= 15 is 0 Å². The number of rotatable bonds is 1. The summed E-state index contributed by atoms with van der Waals surface area (Å²) in [7, 11) is 0. The maximum absolute atomic E-state index is 5.94. The number of oxazole rings is 1. The highest BCUT2D eigenvalue weighted by Crippen LogP contribution is 2.35. The van der Waals surface area contributed by atoms with E-state index in [1.54, 1.807) is 0 Å². The summed E-state index contributed by atoms with van der Waals surface area (Å²) in [6, 6.07) is 4.42. The summed E-state index contributed by atoms with van der Waals surface area (Å²) < 4.78 is 5.94. The molecule has 2 rings (SSSR count). The molecule has 0 aliphatic rings. The Bertz CT molecular complexity index is 648. The van der Waals surface area contributed by atoms with E-state index in [9.17, 15) is 0 Å². The average Bonchev–Trinajstić information content (AvgIpc) is 2.67. The van der Waals surface area contributed by atoms with Gasteiger partial charge in [0.2, 0.25) is 5.89 Å². The second-order valence-corrected chi connectivity index (χ2v) is 7.42. The van der Waals surface area contributed by atoms with Gasteiger partial charge in [0.25, 0.3) is 0 Å². The van der Waals surface area contributed by atoms with Crippen molar-refractivity contribution in [1.82, 2.24) is 4.98 Å². The second kappa shape index (κ2) is 4.76. The van der Waals surface area contributed by atoms with Crippen LogP contribution in [0.3, 0.4) is 0 Å². The van der Waals surface area contributed by atoms with Crippen molar-refractivity contribution in [3.05, 3.63) is 35.2 Å². The first kappa shape index (κ1) is 14.8. The molecule has 0 spiro atoms. The summed E-state index contributed by atoms with van der Waals surface area (Å²) in [5, 5.41) is 0. The molecule has 0 fully saturated rings. The summed E-state index contributed by atoms with van der Waals surface area (Å²) in [4.78, 5) is 4.60. The molecule has 2 nitrogen and oxygen atoms in total. The Balaban J connectivity index is 2.78. The molecule has 0 atom stereocenters. The van der Waals surface area contributed by atoms with Crippen LogP contribution in [0.2, 0.25) is 0 Å². The van der Waals surface area contributed by atoms with Gasteiger partial charge >= 0.3 is 0 Å². The number of hydrogen-bond acceptors (Lipinski definition) is 2. The third-order valence-corrected chi connectivity index (χ3v) is 3.49. The Labute approximate surface area is 121 Å². The summed E-state index contributed by atoms with van der Waals surface area (Å²) in [5.74, 6) is 0.680. The largest absolute Gasteiger partial charge is 0.436 e. The lowest BCUT2D eigenvalue weighted by molar-refractivity contribution is 0.543. The Hall–Kier alpha value is -1.57. The van der Waals surface area contributed by atoms with Crippen LogP contribution in [0.5, 0.6) is 0 Å². The predicted octanol–water partition coefficient (Wildman–Crippen LogP) is 5.46. The number of allylic oxidation sites excluding steroid dienone is 1. The van der Waals surface area contributed by atoms with Gasteiger partial charge in [0.15, 0.2) is 5.58 Å². The van der Waals surface area contributed by atoms with Gasteiger partial charge in [-0.15, -0.1) is 0 Å². The lowest BCUT2D eigenvalue weighted by atomic mass is 9.80. The highest BCUT2D eigenvalue weighted by atomic mass is 16.3. The first-order valence-electron chi connectivity index (χ1n) is 7.21. The Kier molecular flexibility index (Phi) is 3.53. The van der Waals surface area contributed by atoms with Gasteiger partial charge in [-0.05, 0) is 35.5 Å². The van der Waals surface area contributed by atoms with E-state index in [0.717, 1.165) is 11.1 Å². The minimum atomic E-state index is 0.0340. The lowest BCUT2D eigenvalue weighted by Crippen LogP contribution is -2.16. The van der Waals surface area contributed by atoms with Crippen molar-refractivity contribution in [2.24, 2.45) is 0 Å². The molecule has 0 aliphatic carbocycles. The monoisotopic (exact) mass is 271 g/mol. The van der Waals surface area contributed by atoms with Gasteiger partial charge in [0.05, 0.1) is 0 Å². The summed E-state index contributed by atoms with van der Waals surface area (Å²) in [6.07, 6.45) is 3.86. The molecule has 2 aromatic rings. The first-order chi connectivity index (χ1) is 9.13. The van der Waals surface area contributed by atoms with Crippen LogP contribution in [0.1, 0.15) is 65.5 Å². The standard InChI is InChI=1S/C18H25NO/c1-8-9-15-19-14-11-12(17(2,3)4)10-13(16(14)20-15)18(5,6)7/h8-11H,1-7H3/b9-8+. The molecule has 0 bridgehead atoms. The number of aromatic nitrogens is 1. The maximum atomic E-state index is 5.94. The van der Waals surface area contributed by atoms with E-state index in [4.69, 9.17) is 4.42 Å². The fourth-order valence-corrected chi connectivity index (χ4v) is 2.25. The van der Waals surface area contributed by atoms with Crippen molar-refractivity contribution in [3.8, 4) is 0 Å². The molecule has 20 heavy (non-hydrogen) atoms. The zero-order chi connectivity index (χ0) is 15.1. The van der Waals surface area contributed by atoms with Crippen molar-refractivity contribution in [2.45, 2.75) is 59.3 Å².